The van der Waals surface area contributed by atoms with Crippen molar-refractivity contribution < 1.29 is 14.2 Å². The molecule has 3 aromatic rings. The summed E-state index contributed by atoms with van der Waals surface area (Å²) in [5, 5.41) is 9.92. The van der Waals surface area contributed by atoms with Crippen molar-refractivity contribution in [1.29, 1.82) is 0 Å². The van der Waals surface area contributed by atoms with Gasteiger partial charge in [-0.25, -0.2) is 4.98 Å². The van der Waals surface area contributed by atoms with Crippen molar-refractivity contribution in [2.24, 2.45) is 0 Å². The van der Waals surface area contributed by atoms with E-state index >= 15 is 0 Å². The Morgan fingerprint density at radius 1 is 1.04 bits per heavy atom. The third-order valence-electron chi connectivity index (χ3n) is 5.16. The highest BCUT2D eigenvalue weighted by atomic mass is 16.5. The number of methoxy groups -OCH3 is 2. The van der Waals surface area contributed by atoms with Crippen LogP contribution in [-0.2, 0) is 17.7 Å². The first-order chi connectivity index (χ1) is 13.5. The Balaban J connectivity index is 1.82. The van der Waals surface area contributed by atoms with Crippen molar-refractivity contribution in [3.05, 3.63) is 23.8 Å². The fourth-order valence-corrected chi connectivity index (χ4v) is 4.04. The van der Waals surface area contributed by atoms with Gasteiger partial charge in [-0.3, -0.25) is 9.30 Å². The minimum atomic E-state index is 0.212. The molecule has 3 heterocycles. The van der Waals surface area contributed by atoms with Gasteiger partial charge in [0.25, 0.3) is 0 Å². The van der Waals surface area contributed by atoms with E-state index in [1.54, 1.807) is 14.2 Å². The second kappa shape index (κ2) is 7.52. The highest BCUT2D eigenvalue weighted by Crippen LogP contribution is 2.33. The van der Waals surface area contributed by atoms with Crippen molar-refractivity contribution in [2.75, 3.05) is 27.3 Å². The first kappa shape index (κ1) is 18.9. The van der Waals surface area contributed by atoms with E-state index in [4.69, 9.17) is 19.2 Å². The number of rotatable bonds is 5. The van der Waals surface area contributed by atoms with Crippen molar-refractivity contribution in [3.63, 3.8) is 0 Å². The standard InChI is InChI=1S/C20H27N5O3/c1-6-18-21-15-8-17(27-5)16(26-4)7-14(15)20-23-22-19(25(18)20)11-24-9-12(2)28-13(3)10-24/h7-8,12-13H,6,9-11H2,1-5H3. The molecule has 1 saturated heterocycles. The molecule has 1 fully saturated rings. The molecule has 0 aliphatic carbocycles. The molecule has 8 nitrogen and oxygen atoms in total. The fraction of sp³-hybridized carbons (Fsp3) is 0.550. The van der Waals surface area contributed by atoms with Gasteiger partial charge >= 0.3 is 0 Å². The third kappa shape index (κ3) is 3.27. The molecule has 2 aromatic heterocycles. The number of ether oxygens (including phenoxy) is 3. The van der Waals surface area contributed by atoms with Gasteiger partial charge in [0.1, 0.15) is 5.82 Å². The quantitative estimate of drug-likeness (QED) is 0.668. The normalized spacial score (nSPS) is 20.8. The van der Waals surface area contributed by atoms with Crippen LogP contribution in [0.5, 0.6) is 11.5 Å². The first-order valence-electron chi connectivity index (χ1n) is 9.70. The maximum atomic E-state index is 5.85. The fourth-order valence-electron chi connectivity index (χ4n) is 4.04. The summed E-state index contributed by atoms with van der Waals surface area (Å²) in [6, 6.07) is 3.82. The van der Waals surface area contributed by atoms with Crippen LogP contribution in [0.3, 0.4) is 0 Å². The molecule has 0 spiro atoms. The third-order valence-corrected chi connectivity index (χ3v) is 5.16. The number of fused-ring (bicyclic) bond motifs is 3. The van der Waals surface area contributed by atoms with E-state index in [0.717, 1.165) is 47.7 Å². The zero-order valence-electron chi connectivity index (χ0n) is 17.1. The van der Waals surface area contributed by atoms with Gasteiger partial charge in [0.05, 0.1) is 38.5 Å². The maximum absolute atomic E-state index is 5.85. The number of benzene rings is 1. The molecule has 1 aliphatic heterocycles. The average Bonchev–Trinajstić information content (AvgIpc) is 3.09. The Kier molecular flexibility index (Phi) is 5.07. The molecule has 0 bridgehead atoms. The molecule has 1 aliphatic rings. The van der Waals surface area contributed by atoms with E-state index in [0.29, 0.717) is 18.0 Å². The first-order valence-corrected chi connectivity index (χ1v) is 9.70. The summed E-state index contributed by atoms with van der Waals surface area (Å²) < 4.78 is 18.8. The molecule has 0 saturated carbocycles. The van der Waals surface area contributed by atoms with Gasteiger partial charge in [-0.2, -0.15) is 0 Å². The zero-order chi connectivity index (χ0) is 19.8. The lowest BCUT2D eigenvalue weighted by Gasteiger charge is -2.34. The SMILES string of the molecule is CCc1nc2cc(OC)c(OC)cc2c2nnc(CN3CC(C)OC(C)C3)n12. The summed E-state index contributed by atoms with van der Waals surface area (Å²) in [5.74, 6) is 3.15. The van der Waals surface area contributed by atoms with Gasteiger partial charge in [0.2, 0.25) is 0 Å². The number of hydrogen-bond acceptors (Lipinski definition) is 7. The summed E-state index contributed by atoms with van der Waals surface area (Å²) in [4.78, 5) is 7.23. The van der Waals surface area contributed by atoms with Crippen LogP contribution in [0.1, 0.15) is 32.4 Å². The summed E-state index contributed by atoms with van der Waals surface area (Å²) in [6.07, 6.45) is 1.20. The van der Waals surface area contributed by atoms with E-state index in [1.807, 2.05) is 12.1 Å². The van der Waals surface area contributed by atoms with E-state index in [2.05, 4.69) is 40.3 Å². The molecule has 4 rings (SSSR count). The smallest absolute Gasteiger partial charge is 0.171 e. The van der Waals surface area contributed by atoms with Crippen LogP contribution in [0.4, 0.5) is 0 Å². The van der Waals surface area contributed by atoms with Gasteiger partial charge in [-0.1, -0.05) is 6.92 Å². The maximum Gasteiger partial charge on any atom is 0.171 e. The van der Waals surface area contributed by atoms with Crippen molar-refractivity contribution in [1.82, 2.24) is 24.5 Å². The number of aromatic nitrogens is 4. The summed E-state index contributed by atoms with van der Waals surface area (Å²) in [7, 11) is 3.26. The lowest BCUT2D eigenvalue weighted by atomic mass is 10.2. The van der Waals surface area contributed by atoms with Crippen LogP contribution in [-0.4, -0.2) is 64.0 Å². The van der Waals surface area contributed by atoms with E-state index < -0.39 is 0 Å². The van der Waals surface area contributed by atoms with Gasteiger partial charge in [-0.05, 0) is 19.9 Å². The molecule has 1 aromatic carbocycles. The van der Waals surface area contributed by atoms with Gasteiger partial charge in [0.15, 0.2) is 23.0 Å². The lowest BCUT2D eigenvalue weighted by molar-refractivity contribution is -0.0711. The van der Waals surface area contributed by atoms with Crippen LogP contribution in [0.15, 0.2) is 12.1 Å². The molecule has 28 heavy (non-hydrogen) atoms. The molecule has 2 unspecified atom stereocenters. The Hall–Kier alpha value is -2.45. The molecule has 0 amide bonds. The van der Waals surface area contributed by atoms with Crippen molar-refractivity contribution >= 4 is 16.6 Å². The topological polar surface area (TPSA) is 74.0 Å². The van der Waals surface area contributed by atoms with Gasteiger partial charge < -0.3 is 14.2 Å². The van der Waals surface area contributed by atoms with Crippen LogP contribution in [0, 0.1) is 0 Å². The van der Waals surface area contributed by atoms with Crippen molar-refractivity contribution in [3.8, 4) is 11.5 Å². The number of nitrogens with zero attached hydrogens (tertiary/aromatic N) is 5. The van der Waals surface area contributed by atoms with Crippen LogP contribution >= 0.6 is 0 Å². The summed E-state index contributed by atoms with van der Waals surface area (Å²) in [5.41, 5.74) is 1.63. The highest BCUT2D eigenvalue weighted by Gasteiger charge is 2.24. The Bertz CT molecular complexity index is 993. The predicted molar refractivity (Wildman–Crippen MR) is 106 cm³/mol. The van der Waals surface area contributed by atoms with E-state index in [-0.39, 0.29) is 12.2 Å². The Morgan fingerprint density at radius 3 is 2.36 bits per heavy atom. The molecular weight excluding hydrogens is 358 g/mol. The molecule has 150 valence electrons. The number of aryl methyl sites for hydroxylation is 1. The monoisotopic (exact) mass is 385 g/mol. The van der Waals surface area contributed by atoms with Gasteiger partial charge in [-0.15, -0.1) is 10.2 Å². The average molecular weight is 385 g/mol. The number of morpholine rings is 1. The number of hydrogen-bond donors (Lipinski definition) is 0. The minimum Gasteiger partial charge on any atom is -0.493 e. The molecule has 0 N–H and O–H groups in total. The second-order valence-corrected chi connectivity index (χ2v) is 7.33. The zero-order valence-corrected chi connectivity index (χ0v) is 17.1. The Labute approximate surface area is 164 Å². The van der Waals surface area contributed by atoms with E-state index in [9.17, 15) is 0 Å². The second-order valence-electron chi connectivity index (χ2n) is 7.33. The Morgan fingerprint density at radius 2 is 1.71 bits per heavy atom. The van der Waals surface area contributed by atoms with Crippen LogP contribution in [0.25, 0.3) is 16.6 Å². The van der Waals surface area contributed by atoms with Crippen LogP contribution < -0.4 is 9.47 Å². The van der Waals surface area contributed by atoms with Crippen LogP contribution in [0.2, 0.25) is 0 Å². The largest absolute Gasteiger partial charge is 0.493 e. The molecular formula is C20H27N5O3. The predicted octanol–water partition coefficient (Wildman–Crippen LogP) is 2.47. The molecule has 2 atom stereocenters. The molecule has 0 radical (unpaired) electrons. The summed E-state index contributed by atoms with van der Waals surface area (Å²) in [6.45, 7) is 8.79. The lowest BCUT2D eigenvalue weighted by Crippen LogP contribution is -2.45. The minimum absolute atomic E-state index is 0.212. The summed E-state index contributed by atoms with van der Waals surface area (Å²) >= 11 is 0. The van der Waals surface area contributed by atoms with Gasteiger partial charge in [0, 0.05) is 31.0 Å². The highest BCUT2D eigenvalue weighted by molar-refractivity contribution is 5.93. The van der Waals surface area contributed by atoms with Crippen molar-refractivity contribution in [2.45, 2.75) is 45.9 Å². The van der Waals surface area contributed by atoms with E-state index in [1.165, 1.54) is 0 Å². The molecule has 8 heteroatoms.